The number of esters is 2. The van der Waals surface area contributed by atoms with Gasteiger partial charge in [0, 0.05) is 67.3 Å². The molecule has 5 heterocycles. The molecule has 2 aromatic rings. The zero-order valence-corrected chi connectivity index (χ0v) is 47.6. The van der Waals surface area contributed by atoms with Crippen LogP contribution >= 0.6 is 11.8 Å². The van der Waals surface area contributed by atoms with Crippen molar-refractivity contribution in [2.45, 2.75) is 197 Å². The van der Waals surface area contributed by atoms with Crippen LogP contribution in [0.2, 0.25) is 0 Å². The molecule has 3 fully saturated rings. The third-order valence-corrected chi connectivity index (χ3v) is 17.2. The summed E-state index contributed by atoms with van der Waals surface area (Å²) < 4.78 is 52.1. The zero-order chi connectivity index (χ0) is 57.1. The Morgan fingerprint density at radius 2 is 1.68 bits per heavy atom. The largest absolute Gasteiger partial charge is 0.489 e. The molecule has 6 rings (SSSR count). The Balaban J connectivity index is 1.19. The lowest BCUT2D eigenvalue weighted by atomic mass is 9.73. The van der Waals surface area contributed by atoms with Crippen LogP contribution in [0.25, 0.3) is 10.9 Å². The highest BCUT2D eigenvalue weighted by Gasteiger charge is 2.54. The van der Waals surface area contributed by atoms with E-state index < -0.39 is 119 Å². The van der Waals surface area contributed by atoms with E-state index in [0.29, 0.717) is 43.1 Å². The number of carbonyl (C=O) groups is 3. The molecule has 3 saturated heterocycles. The van der Waals surface area contributed by atoms with E-state index in [1.807, 2.05) is 32.0 Å². The molecule has 1 aromatic carbocycles. The van der Waals surface area contributed by atoms with Gasteiger partial charge in [-0.3, -0.25) is 14.4 Å². The number of aliphatic hydroxyl groups excluding tert-OH is 2. The van der Waals surface area contributed by atoms with Gasteiger partial charge in [0.2, 0.25) is 5.43 Å². The highest BCUT2D eigenvalue weighted by molar-refractivity contribution is 7.99. The number of hydrogen-bond acceptors (Lipinski definition) is 21. The first-order valence-corrected chi connectivity index (χ1v) is 27.8. The number of hydrogen-bond donors (Lipinski definition) is 7. The number of methoxy groups -OCH3 is 1. The molecule has 0 amide bonds. The second-order valence-corrected chi connectivity index (χ2v) is 23.6. The SMILES string of the molecule is CC[C@H]1OC(=O)[C@H](C)[C@@H](O[C@H]2C[C@@](C)(OC)[C@@H](OC(=O)CCNCCSc3cc4c5c(c3)c(=O)c(C(=O)O)cn5CCO4)[C@H](C)O2)[C@H](C)[C@@H](O[C@H]2O[C@@H](C)C[C@@H](N(C)C)[C@@H]2O)[C@](C)(O)C[C@@H](C)/C(=N\O)[C@H](C)[C@@H](O)[C@]1(C)O. The number of nitrogens with zero attached hydrogens (tertiary/aromatic N) is 3. The summed E-state index contributed by atoms with van der Waals surface area (Å²) in [6, 6.07) is 3.13. The van der Waals surface area contributed by atoms with Crippen LogP contribution in [0.3, 0.4) is 0 Å². The number of aromatic nitrogens is 1. The standard InChI is InChI=1S/C54H84N4O18S/c1-14-38-54(10,67)46(62)29(4)41(56-68)27(2)24-52(8,66)47(76-51-44(61)36(57(11)12)21-28(3)71-51)30(5)45(31(6)50(65)73-38)75-40-25-53(9,69-13)48(32(7)72-40)74-39(59)15-16-55-17-20-77-33-22-34-42-37(23-33)70-19-18-58(42)26-35(43(34)60)49(63)64/h22-23,26-32,36,38,40,44-48,51,55,61-62,66-68H,14-21,24-25H2,1-13H3,(H,63,64)/b56-41+/t27-,28+,29+,30+,31-,32+,36-,38-,40+,44+,45+,46-,47-,48+,51-,52-,53-,54-/m1/s1. The van der Waals surface area contributed by atoms with Gasteiger partial charge >= 0.3 is 17.9 Å². The Bertz CT molecular complexity index is 2470. The Hall–Kier alpha value is -3.98. The number of carboxylic acid groups (broad SMARTS) is 1. The molecule has 23 heteroatoms. The minimum atomic E-state index is -2.03. The summed E-state index contributed by atoms with van der Waals surface area (Å²) in [5, 5.41) is 75.2. The molecule has 434 valence electrons. The van der Waals surface area contributed by atoms with Gasteiger partial charge in [0.15, 0.2) is 18.7 Å². The molecule has 7 N–H and O–H groups in total. The third-order valence-electron chi connectivity index (χ3n) is 16.2. The van der Waals surface area contributed by atoms with Crippen molar-refractivity contribution < 1.29 is 83.0 Å². The van der Waals surface area contributed by atoms with Crippen molar-refractivity contribution in [3.63, 3.8) is 0 Å². The van der Waals surface area contributed by atoms with E-state index in [1.54, 1.807) is 59.1 Å². The van der Waals surface area contributed by atoms with Crippen LogP contribution in [0.4, 0.5) is 0 Å². The van der Waals surface area contributed by atoms with Crippen LogP contribution in [-0.4, -0.2) is 195 Å². The van der Waals surface area contributed by atoms with Crippen LogP contribution < -0.4 is 15.5 Å². The number of rotatable bonds is 16. The molecule has 0 bridgehead atoms. The van der Waals surface area contributed by atoms with Crippen LogP contribution in [0.15, 0.2) is 33.2 Å². The van der Waals surface area contributed by atoms with Gasteiger partial charge in [0.1, 0.15) is 41.3 Å². The second-order valence-electron chi connectivity index (χ2n) is 22.4. The van der Waals surface area contributed by atoms with E-state index in [2.05, 4.69) is 10.5 Å². The van der Waals surface area contributed by atoms with Crippen molar-refractivity contribution in [3.8, 4) is 5.75 Å². The molecule has 0 aliphatic carbocycles. The molecule has 4 aliphatic heterocycles. The maximum atomic E-state index is 14.5. The minimum Gasteiger partial charge on any atom is -0.489 e. The highest BCUT2D eigenvalue weighted by atomic mass is 32.2. The second kappa shape index (κ2) is 25.6. The molecular formula is C54H84N4O18S. The Kier molecular flexibility index (Phi) is 20.7. The predicted octanol–water partition coefficient (Wildman–Crippen LogP) is 3.78. The number of aromatic carboxylic acids is 1. The van der Waals surface area contributed by atoms with Gasteiger partial charge in [-0.15, -0.1) is 11.8 Å². The number of oxime groups is 1. The lowest BCUT2D eigenvalue weighted by molar-refractivity contribution is -0.318. The van der Waals surface area contributed by atoms with Gasteiger partial charge in [0.05, 0.1) is 71.6 Å². The van der Waals surface area contributed by atoms with Gasteiger partial charge in [-0.25, -0.2) is 4.79 Å². The van der Waals surface area contributed by atoms with Gasteiger partial charge < -0.3 is 83.4 Å². The van der Waals surface area contributed by atoms with Crippen LogP contribution in [0.5, 0.6) is 5.75 Å². The first-order chi connectivity index (χ1) is 36.1. The van der Waals surface area contributed by atoms with Gasteiger partial charge in [-0.05, 0) is 87.0 Å². The molecule has 0 unspecified atom stereocenters. The first-order valence-electron chi connectivity index (χ1n) is 26.8. The van der Waals surface area contributed by atoms with Gasteiger partial charge in [-0.2, -0.15) is 0 Å². The number of cyclic esters (lactones) is 1. The molecule has 0 radical (unpaired) electrons. The molecule has 0 saturated carbocycles. The van der Waals surface area contributed by atoms with Crippen molar-refractivity contribution >= 4 is 46.3 Å². The minimum absolute atomic E-state index is 0.00106. The summed E-state index contributed by atoms with van der Waals surface area (Å²) in [6.07, 6.45) is -9.09. The summed E-state index contributed by atoms with van der Waals surface area (Å²) in [7, 11) is 5.15. The Morgan fingerprint density at radius 1 is 0.974 bits per heavy atom. The first kappa shape index (κ1) is 62.2. The van der Waals surface area contributed by atoms with Crippen LogP contribution in [0.1, 0.15) is 112 Å². The molecule has 0 spiro atoms. The Morgan fingerprint density at radius 3 is 2.31 bits per heavy atom. The number of thioether (sulfide) groups is 1. The van der Waals surface area contributed by atoms with E-state index in [4.69, 9.17) is 37.9 Å². The molecular weight excluding hydrogens is 1020 g/mol. The fourth-order valence-corrected chi connectivity index (χ4v) is 12.7. The zero-order valence-electron chi connectivity index (χ0n) is 46.8. The van der Waals surface area contributed by atoms with Crippen molar-refractivity contribution in [1.82, 2.24) is 14.8 Å². The summed E-state index contributed by atoms with van der Waals surface area (Å²) in [4.78, 5) is 55.5. The summed E-state index contributed by atoms with van der Waals surface area (Å²) in [5.74, 6) is -5.35. The smallest absolute Gasteiger partial charge is 0.341 e. The van der Waals surface area contributed by atoms with Gasteiger partial charge in [-0.1, -0.05) is 32.9 Å². The lowest BCUT2D eigenvalue weighted by Crippen LogP contribution is -2.61. The lowest BCUT2D eigenvalue weighted by Gasteiger charge is -2.49. The quantitative estimate of drug-likeness (QED) is 0.0414. The van der Waals surface area contributed by atoms with E-state index in [0.717, 1.165) is 4.90 Å². The number of aliphatic hydroxyl groups is 4. The molecule has 18 atom stereocenters. The number of pyridine rings is 1. The normalized spacial score (nSPS) is 38.0. The molecule has 22 nitrogen and oxygen atoms in total. The fraction of sp³-hybridized carbons (Fsp3) is 0.759. The number of carbonyl (C=O) groups excluding carboxylic acids is 2. The van der Waals surface area contributed by atoms with Crippen LogP contribution in [-0.2, 0) is 49.3 Å². The van der Waals surface area contributed by atoms with E-state index in [9.17, 15) is 49.9 Å². The van der Waals surface area contributed by atoms with Crippen molar-refractivity contribution in [3.05, 3.63) is 34.1 Å². The number of ether oxygens (including phenoxy) is 8. The maximum Gasteiger partial charge on any atom is 0.341 e. The monoisotopic (exact) mass is 1110 g/mol. The molecule has 4 aliphatic rings. The average molecular weight is 1110 g/mol. The Labute approximate surface area is 455 Å². The van der Waals surface area contributed by atoms with Crippen molar-refractivity contribution in [2.75, 3.05) is 46.7 Å². The number of carboxylic acids is 1. The third kappa shape index (κ3) is 13.8. The number of nitrogens with one attached hydrogen (secondary N) is 1. The van der Waals surface area contributed by atoms with Crippen molar-refractivity contribution in [2.24, 2.45) is 28.8 Å². The van der Waals surface area contributed by atoms with Crippen LogP contribution in [0, 0.1) is 23.7 Å². The van der Waals surface area contributed by atoms with E-state index in [1.165, 1.54) is 38.9 Å². The molecule has 77 heavy (non-hydrogen) atoms. The van der Waals surface area contributed by atoms with Gasteiger partial charge in [0.25, 0.3) is 0 Å². The highest BCUT2D eigenvalue weighted by Crippen LogP contribution is 2.42. The summed E-state index contributed by atoms with van der Waals surface area (Å²) in [6.45, 7) is 18.0. The fourth-order valence-electron chi connectivity index (χ4n) is 11.8. The number of benzene rings is 1. The summed E-state index contributed by atoms with van der Waals surface area (Å²) in [5.41, 5.74) is -5.32. The maximum absolute atomic E-state index is 14.5. The van der Waals surface area contributed by atoms with E-state index in [-0.39, 0.29) is 61.0 Å². The summed E-state index contributed by atoms with van der Waals surface area (Å²) >= 11 is 1.45. The topological polar surface area (TPSA) is 296 Å². The average Bonchev–Trinajstić information content (AvgIpc) is 3.40. The van der Waals surface area contributed by atoms with Crippen molar-refractivity contribution in [1.29, 1.82) is 0 Å². The predicted molar refractivity (Wildman–Crippen MR) is 283 cm³/mol. The molecule has 1 aromatic heterocycles. The number of likely N-dealkylation sites (N-methyl/N-ethyl adjacent to an activating group) is 1. The van der Waals surface area contributed by atoms with E-state index >= 15 is 0 Å².